The number of amides is 2. The fourth-order valence-corrected chi connectivity index (χ4v) is 5.08. The van der Waals surface area contributed by atoms with Crippen LogP contribution in [0.4, 0.5) is 10.1 Å². The molecule has 8 nitrogen and oxygen atoms in total. The lowest BCUT2D eigenvalue weighted by molar-refractivity contribution is -0.140. The summed E-state index contributed by atoms with van der Waals surface area (Å²) in [4.78, 5) is 28.2. The van der Waals surface area contributed by atoms with Gasteiger partial charge in [0.25, 0.3) is 0 Å². The van der Waals surface area contributed by atoms with E-state index < -0.39 is 34.5 Å². The first-order valence-corrected chi connectivity index (χ1v) is 14.0. The van der Waals surface area contributed by atoms with Crippen LogP contribution in [0.1, 0.15) is 39.2 Å². The molecule has 204 valence electrons. The largest absolute Gasteiger partial charge is 0.352 e. The SMILES string of the molecule is CC[C@@H](C)NC(=O)[C@@H](CC)N(Cc1ccc(Cl)cc1Cl)C(=O)CN(c1ccccc1F)S(=O)(=O)N(C)C. The average molecular weight is 576 g/mol. The van der Waals surface area contributed by atoms with E-state index in [0.29, 0.717) is 21.3 Å². The fourth-order valence-electron chi connectivity index (χ4n) is 3.55. The summed E-state index contributed by atoms with van der Waals surface area (Å²) < 4.78 is 42.6. The van der Waals surface area contributed by atoms with Crippen molar-refractivity contribution < 1.29 is 22.4 Å². The Hall–Kier alpha value is -2.40. The highest BCUT2D eigenvalue weighted by atomic mass is 35.5. The van der Waals surface area contributed by atoms with E-state index in [0.717, 1.165) is 10.4 Å². The van der Waals surface area contributed by atoms with Crippen molar-refractivity contribution in [3.63, 3.8) is 0 Å². The Morgan fingerprint density at radius 1 is 1.05 bits per heavy atom. The molecule has 0 heterocycles. The minimum absolute atomic E-state index is 0.0889. The second-order valence-electron chi connectivity index (χ2n) is 8.75. The molecule has 2 atom stereocenters. The topological polar surface area (TPSA) is 90.0 Å². The molecular formula is C25H33Cl2FN4O4S. The lowest BCUT2D eigenvalue weighted by Gasteiger charge is -2.34. The molecule has 2 aromatic rings. The zero-order valence-corrected chi connectivity index (χ0v) is 23.9. The van der Waals surface area contributed by atoms with Gasteiger partial charge in [0.15, 0.2) is 0 Å². The van der Waals surface area contributed by atoms with E-state index in [9.17, 15) is 22.4 Å². The number of halogens is 3. The number of anilines is 1. The molecule has 0 unspecified atom stereocenters. The van der Waals surface area contributed by atoms with E-state index in [4.69, 9.17) is 23.2 Å². The van der Waals surface area contributed by atoms with Crippen molar-refractivity contribution in [1.29, 1.82) is 0 Å². The smallest absolute Gasteiger partial charge is 0.304 e. The number of carbonyl (C=O) groups excluding carboxylic acids is 2. The van der Waals surface area contributed by atoms with Gasteiger partial charge in [-0.25, -0.2) is 8.70 Å². The first-order valence-electron chi connectivity index (χ1n) is 11.8. The zero-order valence-electron chi connectivity index (χ0n) is 21.5. The van der Waals surface area contributed by atoms with Crippen molar-refractivity contribution in [3.8, 4) is 0 Å². The minimum atomic E-state index is -4.27. The monoisotopic (exact) mass is 574 g/mol. The van der Waals surface area contributed by atoms with E-state index in [-0.39, 0.29) is 35.6 Å². The standard InChI is InChI=1S/C25H33Cl2FN4O4S/c1-6-17(3)29-25(34)22(7-2)31(15-18-12-13-19(26)14-20(18)27)24(33)16-32(37(35,36)30(4)5)23-11-9-8-10-21(23)28/h8-14,17,22H,6-7,15-16H2,1-5H3,(H,29,34)/t17-,22-/m1/s1. The van der Waals surface area contributed by atoms with Crippen molar-refractivity contribution in [1.82, 2.24) is 14.5 Å². The van der Waals surface area contributed by atoms with Gasteiger partial charge >= 0.3 is 10.2 Å². The van der Waals surface area contributed by atoms with Crippen LogP contribution in [0, 0.1) is 5.82 Å². The van der Waals surface area contributed by atoms with Crippen LogP contribution >= 0.6 is 23.2 Å². The second-order valence-corrected chi connectivity index (χ2v) is 11.7. The molecule has 2 aromatic carbocycles. The van der Waals surface area contributed by atoms with Gasteiger partial charge in [-0.1, -0.05) is 55.2 Å². The van der Waals surface area contributed by atoms with Crippen molar-refractivity contribution >= 4 is 50.9 Å². The molecule has 0 radical (unpaired) electrons. The predicted octanol–water partition coefficient (Wildman–Crippen LogP) is 4.47. The number of benzene rings is 2. The molecule has 0 saturated carbocycles. The lowest BCUT2D eigenvalue weighted by atomic mass is 10.1. The van der Waals surface area contributed by atoms with Gasteiger partial charge in [-0.05, 0) is 49.6 Å². The van der Waals surface area contributed by atoms with E-state index >= 15 is 0 Å². The Labute approximate surface area is 228 Å². The second kappa shape index (κ2) is 13.4. The molecule has 0 bridgehead atoms. The number of carbonyl (C=O) groups is 2. The van der Waals surface area contributed by atoms with Gasteiger partial charge in [0.05, 0.1) is 5.69 Å². The Morgan fingerprint density at radius 3 is 2.24 bits per heavy atom. The van der Waals surface area contributed by atoms with Crippen molar-refractivity contribution in [2.45, 2.75) is 52.2 Å². The average Bonchev–Trinajstić information content (AvgIpc) is 2.83. The maximum atomic E-state index is 14.7. The third-order valence-electron chi connectivity index (χ3n) is 5.88. The van der Waals surface area contributed by atoms with Crippen molar-refractivity contribution in [2.24, 2.45) is 0 Å². The van der Waals surface area contributed by atoms with Gasteiger partial charge in [-0.3, -0.25) is 9.59 Å². The van der Waals surface area contributed by atoms with Crippen LogP contribution in [-0.4, -0.2) is 62.2 Å². The predicted molar refractivity (Wildman–Crippen MR) is 145 cm³/mol. The summed E-state index contributed by atoms with van der Waals surface area (Å²) in [7, 11) is -1.70. The summed E-state index contributed by atoms with van der Waals surface area (Å²) in [5.74, 6) is -1.90. The molecular weight excluding hydrogens is 542 g/mol. The van der Waals surface area contributed by atoms with Gasteiger partial charge in [0.2, 0.25) is 11.8 Å². The van der Waals surface area contributed by atoms with Crippen LogP contribution in [-0.2, 0) is 26.3 Å². The maximum absolute atomic E-state index is 14.7. The number of hydrogen-bond acceptors (Lipinski definition) is 4. The highest BCUT2D eigenvalue weighted by molar-refractivity contribution is 7.90. The molecule has 12 heteroatoms. The number of hydrogen-bond donors (Lipinski definition) is 1. The Kier molecular flexibility index (Phi) is 11.2. The molecule has 37 heavy (non-hydrogen) atoms. The highest BCUT2D eigenvalue weighted by Gasteiger charge is 2.35. The normalized spacial score (nSPS) is 13.2. The molecule has 0 saturated heterocycles. The zero-order chi connectivity index (χ0) is 27.9. The molecule has 2 amide bonds. The van der Waals surface area contributed by atoms with Gasteiger partial charge in [-0.15, -0.1) is 0 Å². The summed E-state index contributed by atoms with van der Waals surface area (Å²) >= 11 is 12.4. The first-order chi connectivity index (χ1) is 17.3. The molecule has 0 aromatic heterocycles. The molecule has 0 fully saturated rings. The minimum Gasteiger partial charge on any atom is -0.352 e. The molecule has 0 aliphatic heterocycles. The summed E-state index contributed by atoms with van der Waals surface area (Å²) in [5.41, 5.74) is 0.230. The van der Waals surface area contributed by atoms with Gasteiger partial charge < -0.3 is 10.2 Å². The summed E-state index contributed by atoms with van der Waals surface area (Å²) in [6.45, 7) is 4.68. The number of nitrogens with zero attached hydrogens (tertiary/aromatic N) is 3. The maximum Gasteiger partial charge on any atom is 0.304 e. The molecule has 0 spiro atoms. The van der Waals surface area contributed by atoms with Crippen LogP contribution in [0.2, 0.25) is 10.0 Å². The van der Waals surface area contributed by atoms with E-state index in [1.54, 1.807) is 19.1 Å². The van der Waals surface area contributed by atoms with Gasteiger partial charge in [0.1, 0.15) is 18.4 Å². The van der Waals surface area contributed by atoms with Crippen LogP contribution in [0.15, 0.2) is 42.5 Å². The third-order valence-corrected chi connectivity index (χ3v) is 8.28. The number of nitrogens with one attached hydrogen (secondary N) is 1. The number of para-hydroxylation sites is 1. The van der Waals surface area contributed by atoms with Crippen LogP contribution < -0.4 is 9.62 Å². The summed E-state index contributed by atoms with van der Waals surface area (Å²) in [5, 5.41) is 3.57. The summed E-state index contributed by atoms with van der Waals surface area (Å²) in [6.07, 6.45) is 0.931. The molecule has 1 N–H and O–H groups in total. The molecule has 2 rings (SSSR count). The summed E-state index contributed by atoms with van der Waals surface area (Å²) in [6, 6.07) is 8.96. The Balaban J connectivity index is 2.56. The van der Waals surface area contributed by atoms with Gasteiger partial charge in [-0.2, -0.15) is 12.7 Å². The quantitative estimate of drug-likeness (QED) is 0.405. The molecule has 0 aliphatic carbocycles. The Morgan fingerprint density at radius 2 is 1.70 bits per heavy atom. The third kappa shape index (κ3) is 7.80. The highest BCUT2D eigenvalue weighted by Crippen LogP contribution is 2.26. The number of rotatable bonds is 12. The van der Waals surface area contributed by atoms with Crippen LogP contribution in [0.25, 0.3) is 0 Å². The van der Waals surface area contributed by atoms with Crippen LogP contribution in [0.3, 0.4) is 0 Å². The van der Waals surface area contributed by atoms with E-state index in [1.807, 2.05) is 13.8 Å². The van der Waals surface area contributed by atoms with E-state index in [2.05, 4.69) is 5.32 Å². The van der Waals surface area contributed by atoms with Crippen molar-refractivity contribution in [2.75, 3.05) is 24.9 Å². The Bertz CT molecular complexity index is 1210. The first kappa shape index (κ1) is 30.8. The van der Waals surface area contributed by atoms with Crippen molar-refractivity contribution in [3.05, 3.63) is 63.9 Å². The van der Waals surface area contributed by atoms with Crippen LogP contribution in [0.5, 0.6) is 0 Å². The van der Waals surface area contributed by atoms with E-state index in [1.165, 1.54) is 43.3 Å². The fraction of sp³-hybridized carbons (Fsp3) is 0.440. The van der Waals surface area contributed by atoms with Gasteiger partial charge in [0, 0.05) is 36.7 Å². The molecule has 0 aliphatic rings. The lowest BCUT2D eigenvalue weighted by Crippen LogP contribution is -2.54.